The lowest BCUT2D eigenvalue weighted by molar-refractivity contribution is -0.384. The van der Waals surface area contributed by atoms with E-state index in [-0.39, 0.29) is 10.6 Å². The summed E-state index contributed by atoms with van der Waals surface area (Å²) >= 11 is 0. The summed E-state index contributed by atoms with van der Waals surface area (Å²) in [5, 5.41) is 13.7. The van der Waals surface area contributed by atoms with E-state index in [1.165, 1.54) is 12.1 Å². The maximum atomic E-state index is 10.4. The quantitative estimate of drug-likeness (QED) is 0.448. The Labute approximate surface area is 95.2 Å². The van der Waals surface area contributed by atoms with Gasteiger partial charge in [-0.2, -0.15) is 0 Å². The molecular weight excluding hydrogens is 206 g/mol. The third-order valence-corrected chi connectivity index (χ3v) is 2.21. The Morgan fingerprint density at radius 1 is 1.31 bits per heavy atom. The Balaban J connectivity index is 2.35. The molecule has 0 unspecified atom stereocenters. The minimum absolute atomic E-state index is 0.136. The van der Waals surface area contributed by atoms with E-state index >= 15 is 0 Å². The lowest BCUT2D eigenvalue weighted by Crippen LogP contribution is -2.26. The lowest BCUT2D eigenvalue weighted by atomic mass is 10.2. The van der Waals surface area contributed by atoms with Crippen molar-refractivity contribution in [3.63, 3.8) is 0 Å². The van der Waals surface area contributed by atoms with Gasteiger partial charge in [-0.1, -0.05) is 12.1 Å². The summed E-state index contributed by atoms with van der Waals surface area (Å²) in [7, 11) is 4.04. The van der Waals surface area contributed by atoms with Crippen LogP contribution < -0.4 is 5.32 Å². The third-order valence-electron chi connectivity index (χ3n) is 2.21. The zero-order valence-electron chi connectivity index (χ0n) is 9.64. The fourth-order valence-corrected chi connectivity index (χ4v) is 1.27. The van der Waals surface area contributed by atoms with E-state index in [1.807, 2.05) is 14.1 Å². The van der Waals surface area contributed by atoms with E-state index < -0.39 is 0 Å². The summed E-state index contributed by atoms with van der Waals surface area (Å²) in [6, 6.07) is 6.62. The van der Waals surface area contributed by atoms with E-state index in [0.29, 0.717) is 0 Å². The van der Waals surface area contributed by atoms with Crippen molar-refractivity contribution < 1.29 is 4.92 Å². The second-order valence-corrected chi connectivity index (χ2v) is 3.90. The fraction of sp³-hybridized carbons (Fsp3) is 0.455. The number of nitro groups is 1. The fourth-order valence-electron chi connectivity index (χ4n) is 1.27. The number of non-ortho nitro benzene ring substituents is 1. The molecule has 0 saturated heterocycles. The van der Waals surface area contributed by atoms with Gasteiger partial charge in [0.2, 0.25) is 0 Å². The van der Waals surface area contributed by atoms with Crippen molar-refractivity contribution >= 4 is 5.69 Å². The van der Waals surface area contributed by atoms with E-state index in [2.05, 4.69) is 10.2 Å². The van der Waals surface area contributed by atoms with Gasteiger partial charge in [0.25, 0.3) is 5.69 Å². The summed E-state index contributed by atoms with van der Waals surface area (Å²) < 4.78 is 0. The Morgan fingerprint density at radius 3 is 2.44 bits per heavy atom. The first-order chi connectivity index (χ1) is 7.59. The minimum Gasteiger partial charge on any atom is -0.311 e. The molecule has 1 rings (SSSR count). The number of nitrogens with zero attached hydrogens (tertiary/aromatic N) is 2. The van der Waals surface area contributed by atoms with Crippen LogP contribution in [0.3, 0.4) is 0 Å². The number of nitrogens with one attached hydrogen (secondary N) is 1. The first kappa shape index (κ1) is 12.6. The van der Waals surface area contributed by atoms with Gasteiger partial charge < -0.3 is 10.2 Å². The van der Waals surface area contributed by atoms with Crippen LogP contribution in [0.15, 0.2) is 24.3 Å². The molecule has 0 heterocycles. The molecular formula is C11H17N3O2. The number of rotatable bonds is 6. The monoisotopic (exact) mass is 223 g/mol. The standard InChI is InChI=1S/C11H17N3O2/c1-13(2)8-7-12-9-10-3-5-11(6-4-10)14(15)16/h3-6,12H,7-9H2,1-2H3. The molecule has 0 radical (unpaired) electrons. The summed E-state index contributed by atoms with van der Waals surface area (Å²) in [4.78, 5) is 12.1. The highest BCUT2D eigenvalue weighted by Crippen LogP contribution is 2.11. The molecule has 1 aromatic rings. The van der Waals surface area contributed by atoms with Crippen LogP contribution in [0.5, 0.6) is 0 Å². The van der Waals surface area contributed by atoms with E-state index in [1.54, 1.807) is 12.1 Å². The molecule has 0 fully saturated rings. The van der Waals surface area contributed by atoms with Crippen LogP contribution in [-0.4, -0.2) is 37.0 Å². The molecule has 0 aliphatic carbocycles. The molecule has 16 heavy (non-hydrogen) atoms. The predicted molar refractivity (Wildman–Crippen MR) is 63.4 cm³/mol. The van der Waals surface area contributed by atoms with Gasteiger partial charge in [-0.05, 0) is 19.7 Å². The Morgan fingerprint density at radius 2 is 1.94 bits per heavy atom. The smallest absolute Gasteiger partial charge is 0.269 e. The van der Waals surface area contributed by atoms with Crippen LogP contribution in [-0.2, 0) is 6.54 Å². The topological polar surface area (TPSA) is 58.4 Å². The van der Waals surface area contributed by atoms with Crippen LogP contribution in [0, 0.1) is 10.1 Å². The average molecular weight is 223 g/mol. The molecule has 88 valence electrons. The minimum atomic E-state index is -0.386. The van der Waals surface area contributed by atoms with Gasteiger partial charge in [0.15, 0.2) is 0 Å². The van der Waals surface area contributed by atoms with Crippen LogP contribution in [0.4, 0.5) is 5.69 Å². The second-order valence-electron chi connectivity index (χ2n) is 3.90. The van der Waals surface area contributed by atoms with Crippen molar-refractivity contribution in [2.24, 2.45) is 0 Å². The van der Waals surface area contributed by atoms with E-state index in [9.17, 15) is 10.1 Å². The van der Waals surface area contributed by atoms with Gasteiger partial charge in [0.1, 0.15) is 0 Å². The van der Waals surface area contributed by atoms with Crippen molar-refractivity contribution in [2.45, 2.75) is 6.54 Å². The number of hydrogen-bond acceptors (Lipinski definition) is 4. The van der Waals surface area contributed by atoms with Crippen LogP contribution in [0.1, 0.15) is 5.56 Å². The van der Waals surface area contributed by atoms with Crippen molar-refractivity contribution in [1.29, 1.82) is 0 Å². The molecule has 0 aliphatic heterocycles. The zero-order valence-corrected chi connectivity index (χ0v) is 9.64. The number of hydrogen-bond donors (Lipinski definition) is 1. The van der Waals surface area contributed by atoms with E-state index in [0.717, 1.165) is 25.2 Å². The van der Waals surface area contributed by atoms with Gasteiger partial charge in [-0.15, -0.1) is 0 Å². The van der Waals surface area contributed by atoms with Gasteiger partial charge >= 0.3 is 0 Å². The van der Waals surface area contributed by atoms with Crippen LogP contribution in [0.2, 0.25) is 0 Å². The lowest BCUT2D eigenvalue weighted by Gasteiger charge is -2.10. The maximum absolute atomic E-state index is 10.4. The predicted octanol–water partition coefficient (Wildman–Crippen LogP) is 1.25. The average Bonchev–Trinajstić information content (AvgIpc) is 2.25. The van der Waals surface area contributed by atoms with Crippen LogP contribution >= 0.6 is 0 Å². The van der Waals surface area contributed by atoms with Gasteiger partial charge in [0.05, 0.1) is 4.92 Å². The second kappa shape index (κ2) is 6.19. The summed E-state index contributed by atoms with van der Waals surface area (Å²) in [6.45, 7) is 2.63. The molecule has 0 aliphatic rings. The molecule has 5 nitrogen and oxygen atoms in total. The van der Waals surface area contributed by atoms with Crippen molar-refractivity contribution in [3.05, 3.63) is 39.9 Å². The zero-order chi connectivity index (χ0) is 12.0. The Hall–Kier alpha value is -1.46. The highest BCUT2D eigenvalue weighted by atomic mass is 16.6. The number of nitro benzene ring substituents is 1. The first-order valence-electron chi connectivity index (χ1n) is 5.18. The van der Waals surface area contributed by atoms with Gasteiger partial charge in [-0.25, -0.2) is 0 Å². The highest BCUT2D eigenvalue weighted by Gasteiger charge is 2.03. The molecule has 0 bridgehead atoms. The molecule has 0 saturated carbocycles. The Kier molecular flexibility index (Phi) is 4.88. The molecule has 0 amide bonds. The summed E-state index contributed by atoms with van der Waals surface area (Å²) in [5.74, 6) is 0. The molecule has 0 spiro atoms. The molecule has 5 heteroatoms. The molecule has 1 aromatic carbocycles. The van der Waals surface area contributed by atoms with Gasteiger partial charge in [-0.3, -0.25) is 10.1 Å². The van der Waals surface area contributed by atoms with Crippen LogP contribution in [0.25, 0.3) is 0 Å². The first-order valence-corrected chi connectivity index (χ1v) is 5.18. The third kappa shape index (κ3) is 4.37. The molecule has 1 N–H and O–H groups in total. The van der Waals surface area contributed by atoms with Crippen molar-refractivity contribution in [1.82, 2.24) is 10.2 Å². The SMILES string of the molecule is CN(C)CCNCc1ccc([N+](=O)[O-])cc1. The number of benzene rings is 1. The number of likely N-dealkylation sites (N-methyl/N-ethyl adjacent to an activating group) is 1. The maximum Gasteiger partial charge on any atom is 0.269 e. The van der Waals surface area contributed by atoms with Gasteiger partial charge in [0, 0.05) is 31.8 Å². The van der Waals surface area contributed by atoms with Crippen molar-refractivity contribution in [2.75, 3.05) is 27.2 Å². The normalized spacial score (nSPS) is 10.7. The largest absolute Gasteiger partial charge is 0.311 e. The summed E-state index contributed by atoms with van der Waals surface area (Å²) in [6.07, 6.45) is 0. The Bertz CT molecular complexity index is 336. The molecule has 0 aromatic heterocycles. The molecule has 0 atom stereocenters. The summed E-state index contributed by atoms with van der Waals surface area (Å²) in [5.41, 5.74) is 1.20. The highest BCUT2D eigenvalue weighted by molar-refractivity contribution is 5.32. The van der Waals surface area contributed by atoms with E-state index in [4.69, 9.17) is 0 Å². The van der Waals surface area contributed by atoms with Crippen molar-refractivity contribution in [3.8, 4) is 0 Å².